The standard InChI is InChI=1S/C10H17N3O2/c1-7-6-13(8(11)5-12-7)9(14)15-10(2,3)4/h5-6,8H,11H2,1-4H3/t8-/m1/s1. The zero-order valence-electron chi connectivity index (χ0n) is 9.52. The number of allylic oxidation sites excluding steroid dienone is 1. The molecule has 1 atom stereocenters. The first-order valence-corrected chi connectivity index (χ1v) is 4.79. The minimum atomic E-state index is -0.552. The van der Waals surface area contributed by atoms with Crippen molar-refractivity contribution in [2.24, 2.45) is 10.7 Å². The Morgan fingerprint density at radius 2 is 2.20 bits per heavy atom. The van der Waals surface area contributed by atoms with E-state index in [4.69, 9.17) is 10.5 Å². The third-order valence-corrected chi connectivity index (χ3v) is 1.68. The largest absolute Gasteiger partial charge is 0.443 e. The normalized spacial score (nSPS) is 21.3. The molecule has 0 saturated heterocycles. The summed E-state index contributed by atoms with van der Waals surface area (Å²) >= 11 is 0. The molecule has 15 heavy (non-hydrogen) atoms. The van der Waals surface area contributed by atoms with Gasteiger partial charge < -0.3 is 10.5 Å². The molecule has 84 valence electrons. The molecule has 1 aliphatic rings. The Labute approximate surface area is 89.6 Å². The topological polar surface area (TPSA) is 67.9 Å². The zero-order chi connectivity index (χ0) is 11.6. The third-order valence-electron chi connectivity index (χ3n) is 1.68. The second kappa shape index (κ2) is 4.02. The summed E-state index contributed by atoms with van der Waals surface area (Å²) in [5.74, 6) is 0. The first kappa shape index (κ1) is 11.7. The van der Waals surface area contributed by atoms with E-state index in [9.17, 15) is 4.79 Å². The number of hydrogen-bond donors (Lipinski definition) is 1. The number of carbonyl (C=O) groups is 1. The first-order valence-electron chi connectivity index (χ1n) is 4.79. The Hall–Kier alpha value is -1.36. The van der Waals surface area contributed by atoms with E-state index in [0.717, 1.165) is 5.70 Å². The fraction of sp³-hybridized carbons (Fsp3) is 0.600. The van der Waals surface area contributed by atoms with E-state index < -0.39 is 17.9 Å². The van der Waals surface area contributed by atoms with Crippen LogP contribution in [-0.4, -0.2) is 29.0 Å². The van der Waals surface area contributed by atoms with Crippen molar-refractivity contribution < 1.29 is 9.53 Å². The van der Waals surface area contributed by atoms with Crippen molar-refractivity contribution in [2.75, 3.05) is 0 Å². The van der Waals surface area contributed by atoms with E-state index in [-0.39, 0.29) is 0 Å². The molecule has 0 spiro atoms. The van der Waals surface area contributed by atoms with Gasteiger partial charge in [0.15, 0.2) is 0 Å². The Kier molecular flexibility index (Phi) is 3.14. The second-order valence-corrected chi connectivity index (χ2v) is 4.43. The van der Waals surface area contributed by atoms with Crippen LogP contribution in [0.3, 0.4) is 0 Å². The smallest absolute Gasteiger partial charge is 0.416 e. The lowest BCUT2D eigenvalue weighted by molar-refractivity contribution is 0.0309. The highest BCUT2D eigenvalue weighted by Crippen LogP contribution is 2.14. The molecule has 0 aromatic carbocycles. The highest BCUT2D eigenvalue weighted by molar-refractivity contribution is 5.78. The highest BCUT2D eigenvalue weighted by Gasteiger charge is 2.25. The SMILES string of the molecule is CC1=CN(C(=O)OC(C)(C)C)[C@@H](N)C=N1. The number of amides is 1. The zero-order valence-corrected chi connectivity index (χ0v) is 9.52. The summed E-state index contributed by atoms with van der Waals surface area (Å²) in [7, 11) is 0. The van der Waals surface area contributed by atoms with Gasteiger partial charge in [-0.25, -0.2) is 4.79 Å². The number of nitrogens with zero attached hydrogens (tertiary/aromatic N) is 2. The molecule has 0 aromatic rings. The maximum atomic E-state index is 11.7. The van der Waals surface area contributed by atoms with Gasteiger partial charge >= 0.3 is 6.09 Å². The quantitative estimate of drug-likeness (QED) is 0.659. The predicted octanol–water partition coefficient (Wildman–Crippen LogP) is 1.45. The Morgan fingerprint density at radius 1 is 1.60 bits per heavy atom. The van der Waals surface area contributed by atoms with Crippen molar-refractivity contribution in [1.29, 1.82) is 0 Å². The van der Waals surface area contributed by atoms with E-state index in [1.165, 1.54) is 11.1 Å². The van der Waals surface area contributed by atoms with Crippen LogP contribution in [0.2, 0.25) is 0 Å². The summed E-state index contributed by atoms with van der Waals surface area (Å²) in [5, 5.41) is 0. The van der Waals surface area contributed by atoms with Crippen LogP contribution in [0.4, 0.5) is 4.79 Å². The average Bonchev–Trinajstić information content (AvgIpc) is 2.06. The van der Waals surface area contributed by atoms with Crippen molar-refractivity contribution in [3.05, 3.63) is 11.9 Å². The third kappa shape index (κ3) is 3.36. The highest BCUT2D eigenvalue weighted by atomic mass is 16.6. The van der Waals surface area contributed by atoms with E-state index in [1.54, 1.807) is 13.1 Å². The summed E-state index contributed by atoms with van der Waals surface area (Å²) in [4.78, 5) is 17.0. The van der Waals surface area contributed by atoms with Gasteiger partial charge in [-0.2, -0.15) is 0 Å². The summed E-state index contributed by atoms with van der Waals surface area (Å²) in [5.41, 5.74) is 5.90. The summed E-state index contributed by atoms with van der Waals surface area (Å²) < 4.78 is 5.20. The monoisotopic (exact) mass is 211 g/mol. The van der Waals surface area contributed by atoms with Crippen LogP contribution in [0.5, 0.6) is 0 Å². The van der Waals surface area contributed by atoms with E-state index in [1.807, 2.05) is 20.8 Å². The van der Waals surface area contributed by atoms with Gasteiger partial charge in [0, 0.05) is 12.4 Å². The molecular formula is C10H17N3O2. The number of hydrogen-bond acceptors (Lipinski definition) is 4. The van der Waals surface area contributed by atoms with Crippen molar-refractivity contribution in [3.63, 3.8) is 0 Å². The van der Waals surface area contributed by atoms with Crippen LogP contribution in [-0.2, 0) is 4.74 Å². The van der Waals surface area contributed by atoms with Crippen LogP contribution < -0.4 is 5.73 Å². The average molecular weight is 211 g/mol. The number of ether oxygens (including phenoxy) is 1. The Balaban J connectivity index is 2.72. The minimum Gasteiger partial charge on any atom is -0.443 e. The van der Waals surface area contributed by atoms with Crippen LogP contribution >= 0.6 is 0 Å². The van der Waals surface area contributed by atoms with Crippen LogP contribution in [0.15, 0.2) is 16.9 Å². The fourth-order valence-corrected chi connectivity index (χ4v) is 1.08. The lowest BCUT2D eigenvalue weighted by Crippen LogP contribution is -2.47. The second-order valence-electron chi connectivity index (χ2n) is 4.43. The van der Waals surface area contributed by atoms with Gasteiger partial charge in [0.2, 0.25) is 0 Å². The molecule has 1 rings (SSSR count). The predicted molar refractivity (Wildman–Crippen MR) is 58.3 cm³/mol. The number of rotatable bonds is 0. The molecule has 5 heteroatoms. The summed E-state index contributed by atoms with van der Waals surface area (Å²) in [6.45, 7) is 7.22. The maximum absolute atomic E-state index is 11.7. The molecule has 0 fully saturated rings. The molecule has 0 aromatic heterocycles. The van der Waals surface area contributed by atoms with Gasteiger partial charge in [-0.15, -0.1) is 0 Å². The van der Waals surface area contributed by atoms with Crippen LogP contribution in [0.1, 0.15) is 27.7 Å². The van der Waals surface area contributed by atoms with Gasteiger partial charge in [-0.1, -0.05) is 0 Å². The molecule has 2 N–H and O–H groups in total. The molecule has 0 bridgehead atoms. The van der Waals surface area contributed by atoms with E-state index in [2.05, 4.69) is 4.99 Å². The fourth-order valence-electron chi connectivity index (χ4n) is 1.08. The van der Waals surface area contributed by atoms with Crippen LogP contribution in [0, 0.1) is 0 Å². The molecule has 0 radical (unpaired) electrons. The lowest BCUT2D eigenvalue weighted by Gasteiger charge is -2.29. The first-order chi connectivity index (χ1) is 6.79. The summed E-state index contributed by atoms with van der Waals surface area (Å²) in [6.07, 6.45) is 2.09. The molecule has 0 aliphatic carbocycles. The van der Waals surface area contributed by atoms with Crippen molar-refractivity contribution in [3.8, 4) is 0 Å². The van der Waals surface area contributed by atoms with Gasteiger partial charge in [-0.3, -0.25) is 9.89 Å². The molecule has 5 nitrogen and oxygen atoms in total. The van der Waals surface area contributed by atoms with Crippen molar-refractivity contribution >= 4 is 12.3 Å². The number of aliphatic imine (C=N–C) groups is 1. The maximum Gasteiger partial charge on any atom is 0.416 e. The number of carbonyl (C=O) groups excluding carboxylic acids is 1. The van der Waals surface area contributed by atoms with Gasteiger partial charge in [-0.05, 0) is 27.7 Å². The van der Waals surface area contributed by atoms with E-state index in [0.29, 0.717) is 0 Å². The van der Waals surface area contributed by atoms with Crippen molar-refractivity contribution in [1.82, 2.24) is 4.90 Å². The minimum absolute atomic E-state index is 0.458. The molecule has 1 amide bonds. The Morgan fingerprint density at radius 3 is 2.73 bits per heavy atom. The van der Waals surface area contributed by atoms with Gasteiger partial charge in [0.1, 0.15) is 11.8 Å². The van der Waals surface area contributed by atoms with Gasteiger partial charge in [0.05, 0.1) is 5.70 Å². The van der Waals surface area contributed by atoms with E-state index >= 15 is 0 Å². The van der Waals surface area contributed by atoms with Crippen LogP contribution in [0.25, 0.3) is 0 Å². The van der Waals surface area contributed by atoms with Gasteiger partial charge in [0.25, 0.3) is 0 Å². The lowest BCUT2D eigenvalue weighted by atomic mass is 10.2. The molecular weight excluding hydrogens is 194 g/mol. The molecule has 1 heterocycles. The Bertz CT molecular complexity index is 315. The summed E-state index contributed by atoms with van der Waals surface area (Å²) in [6, 6.07) is 0. The molecule has 1 aliphatic heterocycles. The van der Waals surface area contributed by atoms with Crippen molar-refractivity contribution in [2.45, 2.75) is 39.5 Å². The molecule has 0 saturated carbocycles. The number of nitrogens with two attached hydrogens (primary N) is 1. The molecule has 0 unspecified atom stereocenters.